The van der Waals surface area contributed by atoms with Gasteiger partial charge in [0.05, 0.1) is 5.52 Å². The minimum absolute atomic E-state index is 0.0234. The van der Waals surface area contributed by atoms with Crippen molar-refractivity contribution in [2.24, 2.45) is 0 Å². The van der Waals surface area contributed by atoms with Crippen molar-refractivity contribution < 1.29 is 0 Å². The summed E-state index contributed by atoms with van der Waals surface area (Å²) in [5.74, 6) is 0. The summed E-state index contributed by atoms with van der Waals surface area (Å²) in [4.78, 5) is 19.6. The number of pyridine rings is 1. The molecule has 3 aromatic heterocycles. The summed E-state index contributed by atoms with van der Waals surface area (Å²) in [6.45, 7) is 0.541. The number of H-pyrrole nitrogens is 1. The van der Waals surface area contributed by atoms with Gasteiger partial charge in [-0.05, 0) is 35.8 Å². The fraction of sp³-hybridized carbons (Fsp3) is 0.154. The van der Waals surface area contributed by atoms with E-state index in [9.17, 15) is 4.79 Å². The zero-order chi connectivity index (χ0) is 13.2. The number of aromatic nitrogens is 3. The van der Waals surface area contributed by atoms with Crippen LogP contribution in [0, 0.1) is 4.77 Å². The standard InChI is InChI=1S/C13H11N3OS2/c17-12-11-10(5-8-19-11)15-13(18)16(12)7-4-9-3-1-2-6-14-9/h1-3,5-6,8H,4,7H2,(H,15,18). The van der Waals surface area contributed by atoms with Crippen molar-refractivity contribution in [3.05, 3.63) is 56.7 Å². The van der Waals surface area contributed by atoms with Crippen LogP contribution in [0.15, 0.2) is 40.6 Å². The van der Waals surface area contributed by atoms with Crippen LogP contribution in [0.3, 0.4) is 0 Å². The highest BCUT2D eigenvalue weighted by Crippen LogP contribution is 2.14. The molecule has 0 aliphatic carbocycles. The number of nitrogens with zero attached hydrogens (tertiary/aromatic N) is 2. The molecule has 0 spiro atoms. The van der Waals surface area contributed by atoms with Gasteiger partial charge < -0.3 is 4.98 Å². The first kappa shape index (κ1) is 12.3. The zero-order valence-electron chi connectivity index (χ0n) is 10.00. The van der Waals surface area contributed by atoms with Crippen LogP contribution in [0.25, 0.3) is 10.2 Å². The number of hydrogen-bond acceptors (Lipinski definition) is 4. The fourth-order valence-electron chi connectivity index (χ4n) is 1.95. The Morgan fingerprint density at radius 2 is 2.26 bits per heavy atom. The summed E-state index contributed by atoms with van der Waals surface area (Å²) in [6, 6.07) is 7.63. The molecule has 0 radical (unpaired) electrons. The topological polar surface area (TPSA) is 50.7 Å². The molecular weight excluding hydrogens is 278 g/mol. The molecule has 0 saturated heterocycles. The highest BCUT2D eigenvalue weighted by molar-refractivity contribution is 7.71. The van der Waals surface area contributed by atoms with Gasteiger partial charge >= 0.3 is 0 Å². The van der Waals surface area contributed by atoms with E-state index < -0.39 is 0 Å². The van der Waals surface area contributed by atoms with E-state index in [1.807, 2.05) is 29.6 Å². The van der Waals surface area contributed by atoms with Crippen LogP contribution in [-0.2, 0) is 13.0 Å². The number of aryl methyl sites for hydroxylation is 1. The van der Waals surface area contributed by atoms with E-state index in [1.54, 1.807) is 10.8 Å². The predicted octanol–water partition coefficient (Wildman–Crippen LogP) is 2.76. The van der Waals surface area contributed by atoms with E-state index in [0.29, 0.717) is 17.7 Å². The molecule has 0 aromatic carbocycles. The number of thiophene rings is 1. The molecule has 0 aliphatic rings. The van der Waals surface area contributed by atoms with Crippen molar-refractivity contribution in [1.82, 2.24) is 14.5 Å². The maximum absolute atomic E-state index is 12.3. The largest absolute Gasteiger partial charge is 0.331 e. The number of fused-ring (bicyclic) bond motifs is 1. The Labute approximate surface area is 118 Å². The van der Waals surface area contributed by atoms with Gasteiger partial charge in [0.1, 0.15) is 4.70 Å². The molecule has 6 heteroatoms. The number of nitrogens with one attached hydrogen (secondary N) is 1. The molecule has 4 nitrogen and oxygen atoms in total. The Morgan fingerprint density at radius 3 is 3.05 bits per heavy atom. The molecule has 96 valence electrons. The molecule has 19 heavy (non-hydrogen) atoms. The number of rotatable bonds is 3. The molecule has 1 N–H and O–H groups in total. The summed E-state index contributed by atoms with van der Waals surface area (Å²) < 4.78 is 2.78. The first-order valence-electron chi connectivity index (χ1n) is 5.86. The van der Waals surface area contributed by atoms with Crippen LogP contribution >= 0.6 is 23.6 Å². The van der Waals surface area contributed by atoms with Crippen molar-refractivity contribution in [2.45, 2.75) is 13.0 Å². The summed E-state index contributed by atoms with van der Waals surface area (Å²) in [5.41, 5.74) is 1.74. The van der Waals surface area contributed by atoms with E-state index in [2.05, 4.69) is 9.97 Å². The quantitative estimate of drug-likeness (QED) is 0.754. The van der Waals surface area contributed by atoms with Gasteiger partial charge in [-0.25, -0.2) is 0 Å². The number of hydrogen-bond donors (Lipinski definition) is 1. The van der Waals surface area contributed by atoms with Gasteiger partial charge in [-0.3, -0.25) is 14.3 Å². The molecule has 3 aromatic rings. The first-order valence-corrected chi connectivity index (χ1v) is 7.15. The summed E-state index contributed by atoms with van der Waals surface area (Å²) in [6.07, 6.45) is 2.44. The lowest BCUT2D eigenvalue weighted by molar-refractivity contribution is 0.645. The normalized spacial score (nSPS) is 10.9. The summed E-state index contributed by atoms with van der Waals surface area (Å²) >= 11 is 6.67. The van der Waals surface area contributed by atoms with E-state index in [0.717, 1.165) is 15.9 Å². The van der Waals surface area contributed by atoms with Crippen LogP contribution in [0.2, 0.25) is 0 Å². The average molecular weight is 289 g/mol. The molecule has 0 bridgehead atoms. The molecule has 0 atom stereocenters. The SMILES string of the molecule is O=c1c2sccc2[nH]c(=S)n1CCc1ccccn1. The average Bonchev–Trinajstić information content (AvgIpc) is 2.88. The van der Waals surface area contributed by atoms with Crippen molar-refractivity contribution in [2.75, 3.05) is 0 Å². The lowest BCUT2D eigenvalue weighted by Crippen LogP contribution is -2.22. The van der Waals surface area contributed by atoms with Crippen LogP contribution in [0.4, 0.5) is 0 Å². The Balaban J connectivity index is 1.97. The highest BCUT2D eigenvalue weighted by atomic mass is 32.1. The molecule has 0 unspecified atom stereocenters. The third-order valence-corrected chi connectivity index (χ3v) is 4.13. The predicted molar refractivity (Wildman–Crippen MR) is 79.2 cm³/mol. The van der Waals surface area contributed by atoms with Gasteiger partial charge in [0.2, 0.25) is 0 Å². The van der Waals surface area contributed by atoms with Crippen molar-refractivity contribution in [3.8, 4) is 0 Å². The van der Waals surface area contributed by atoms with E-state index in [4.69, 9.17) is 12.2 Å². The Bertz CT molecular complexity index is 817. The van der Waals surface area contributed by atoms with Gasteiger partial charge in [0.15, 0.2) is 4.77 Å². The highest BCUT2D eigenvalue weighted by Gasteiger charge is 2.06. The molecule has 0 saturated carbocycles. The second-order valence-corrected chi connectivity index (χ2v) is 5.42. The molecule has 0 aliphatic heterocycles. The summed E-state index contributed by atoms with van der Waals surface area (Å²) in [5, 5.41) is 1.89. The van der Waals surface area contributed by atoms with Crippen LogP contribution in [-0.4, -0.2) is 14.5 Å². The van der Waals surface area contributed by atoms with Gasteiger partial charge in [-0.15, -0.1) is 11.3 Å². The van der Waals surface area contributed by atoms with E-state index in [1.165, 1.54) is 11.3 Å². The van der Waals surface area contributed by atoms with E-state index in [-0.39, 0.29) is 5.56 Å². The molecule has 3 heterocycles. The fourth-order valence-corrected chi connectivity index (χ4v) is 3.03. The maximum atomic E-state index is 12.3. The van der Waals surface area contributed by atoms with Gasteiger partial charge in [0.25, 0.3) is 5.56 Å². The maximum Gasteiger partial charge on any atom is 0.272 e. The third kappa shape index (κ3) is 2.36. The lowest BCUT2D eigenvalue weighted by atomic mass is 10.3. The van der Waals surface area contributed by atoms with Gasteiger partial charge in [-0.1, -0.05) is 6.07 Å². The van der Waals surface area contributed by atoms with E-state index >= 15 is 0 Å². The molecule has 3 rings (SSSR count). The van der Waals surface area contributed by atoms with Gasteiger partial charge in [-0.2, -0.15) is 0 Å². The Morgan fingerprint density at radius 1 is 1.37 bits per heavy atom. The van der Waals surface area contributed by atoms with Crippen LogP contribution in [0.1, 0.15) is 5.69 Å². The van der Waals surface area contributed by atoms with Crippen molar-refractivity contribution in [1.29, 1.82) is 0 Å². The van der Waals surface area contributed by atoms with Crippen molar-refractivity contribution in [3.63, 3.8) is 0 Å². The second-order valence-electron chi connectivity index (χ2n) is 4.12. The molecular formula is C13H11N3OS2. The van der Waals surface area contributed by atoms with Crippen molar-refractivity contribution >= 4 is 33.8 Å². The lowest BCUT2D eigenvalue weighted by Gasteiger charge is -2.05. The van der Waals surface area contributed by atoms with Crippen LogP contribution < -0.4 is 5.56 Å². The molecule has 0 amide bonds. The van der Waals surface area contributed by atoms with Crippen LogP contribution in [0.5, 0.6) is 0 Å². The van der Waals surface area contributed by atoms with Gasteiger partial charge in [0, 0.05) is 24.9 Å². The monoisotopic (exact) mass is 289 g/mol. The minimum Gasteiger partial charge on any atom is -0.331 e. The minimum atomic E-state index is -0.0234. The first-order chi connectivity index (χ1) is 9.25. The Hall–Kier alpha value is -1.79. The molecule has 0 fully saturated rings. The Kier molecular flexibility index (Phi) is 3.27. The third-order valence-electron chi connectivity index (χ3n) is 2.91. The summed E-state index contributed by atoms with van der Waals surface area (Å²) in [7, 11) is 0. The smallest absolute Gasteiger partial charge is 0.272 e. The second kappa shape index (κ2) is 5.07. The number of aromatic amines is 1. The zero-order valence-corrected chi connectivity index (χ0v) is 11.6.